The van der Waals surface area contributed by atoms with Gasteiger partial charge in [0.15, 0.2) is 0 Å². The van der Waals surface area contributed by atoms with E-state index in [-0.39, 0.29) is 6.09 Å². The fourth-order valence-corrected chi connectivity index (χ4v) is 3.05. The third-order valence-electron chi connectivity index (χ3n) is 4.84. The molecule has 25 heavy (non-hydrogen) atoms. The van der Waals surface area contributed by atoms with E-state index in [0.29, 0.717) is 18.4 Å². The summed E-state index contributed by atoms with van der Waals surface area (Å²) in [5.41, 5.74) is 0. The van der Waals surface area contributed by atoms with Crippen molar-refractivity contribution in [3.05, 3.63) is 0 Å². The number of ether oxygens (including phenoxy) is 2. The van der Waals surface area contributed by atoms with Crippen LogP contribution in [-0.4, -0.2) is 68.9 Å². The molecule has 0 aromatic carbocycles. The Balaban J connectivity index is 2.01. The van der Waals surface area contributed by atoms with Gasteiger partial charge in [-0.1, -0.05) is 33.6 Å². The smallest absolute Gasteiger partial charge is 0.409 e. The van der Waals surface area contributed by atoms with Crippen LogP contribution in [0.4, 0.5) is 4.79 Å². The van der Waals surface area contributed by atoms with Gasteiger partial charge in [0, 0.05) is 26.2 Å². The van der Waals surface area contributed by atoms with E-state index in [1.54, 1.807) is 0 Å². The van der Waals surface area contributed by atoms with Gasteiger partial charge in [-0.2, -0.15) is 0 Å². The third-order valence-corrected chi connectivity index (χ3v) is 4.84. The zero-order chi connectivity index (χ0) is 18.5. The van der Waals surface area contributed by atoms with Crippen molar-refractivity contribution >= 4 is 6.09 Å². The molecule has 0 atom stereocenters. The number of hydrogen-bond donors (Lipinski definition) is 0. The SMILES string of the molecule is CCCCCN(C)CCOCCC1CCN(C(=O)OCC(C)C)CC1. The van der Waals surface area contributed by atoms with Gasteiger partial charge in [0.05, 0.1) is 13.2 Å². The first-order chi connectivity index (χ1) is 12.0. The molecule has 1 heterocycles. The lowest BCUT2D eigenvalue weighted by atomic mass is 9.94. The fourth-order valence-electron chi connectivity index (χ4n) is 3.05. The molecular weight excluding hydrogens is 316 g/mol. The molecule has 148 valence electrons. The molecule has 0 aromatic heterocycles. The van der Waals surface area contributed by atoms with Gasteiger partial charge in [-0.25, -0.2) is 4.79 Å². The maximum Gasteiger partial charge on any atom is 0.409 e. The molecule has 1 saturated heterocycles. The van der Waals surface area contributed by atoms with Gasteiger partial charge in [0.1, 0.15) is 0 Å². The molecule has 5 heteroatoms. The molecule has 5 nitrogen and oxygen atoms in total. The van der Waals surface area contributed by atoms with Gasteiger partial charge in [-0.3, -0.25) is 0 Å². The average Bonchev–Trinajstić information content (AvgIpc) is 2.60. The topological polar surface area (TPSA) is 42.0 Å². The number of unbranched alkanes of at least 4 members (excludes halogenated alkanes) is 2. The van der Waals surface area contributed by atoms with Crippen molar-refractivity contribution in [2.45, 2.75) is 59.3 Å². The van der Waals surface area contributed by atoms with Crippen LogP contribution in [-0.2, 0) is 9.47 Å². The summed E-state index contributed by atoms with van der Waals surface area (Å²) >= 11 is 0. The molecule has 0 radical (unpaired) electrons. The Morgan fingerprint density at radius 2 is 1.88 bits per heavy atom. The molecular formula is C20H40N2O3. The van der Waals surface area contributed by atoms with Gasteiger partial charge >= 0.3 is 6.09 Å². The molecule has 1 aliphatic heterocycles. The second-order valence-corrected chi connectivity index (χ2v) is 7.81. The second-order valence-electron chi connectivity index (χ2n) is 7.81. The van der Waals surface area contributed by atoms with Crippen LogP contribution >= 0.6 is 0 Å². The summed E-state index contributed by atoms with van der Waals surface area (Å²) in [6.07, 6.45) is 6.97. The van der Waals surface area contributed by atoms with Gasteiger partial charge in [-0.05, 0) is 51.1 Å². The molecule has 1 rings (SSSR count). The van der Waals surface area contributed by atoms with E-state index in [0.717, 1.165) is 52.1 Å². The van der Waals surface area contributed by atoms with Crippen LogP contribution in [0.1, 0.15) is 59.3 Å². The second kappa shape index (κ2) is 13.4. The Morgan fingerprint density at radius 3 is 2.52 bits per heavy atom. The summed E-state index contributed by atoms with van der Waals surface area (Å²) in [5.74, 6) is 1.07. The summed E-state index contributed by atoms with van der Waals surface area (Å²) in [6, 6.07) is 0. The minimum absolute atomic E-state index is 0.144. The number of rotatable bonds is 12. The highest BCUT2D eigenvalue weighted by atomic mass is 16.6. The quantitative estimate of drug-likeness (QED) is 0.495. The Bertz CT molecular complexity index is 342. The third kappa shape index (κ3) is 10.7. The summed E-state index contributed by atoms with van der Waals surface area (Å²) in [5, 5.41) is 0. The minimum Gasteiger partial charge on any atom is -0.449 e. The maximum absolute atomic E-state index is 11.9. The number of nitrogens with zero attached hydrogens (tertiary/aromatic N) is 2. The molecule has 1 fully saturated rings. The number of hydrogen-bond acceptors (Lipinski definition) is 4. The summed E-state index contributed by atoms with van der Waals surface area (Å²) in [4.78, 5) is 16.2. The van der Waals surface area contributed by atoms with Crippen molar-refractivity contribution in [1.82, 2.24) is 9.80 Å². The highest BCUT2D eigenvalue weighted by molar-refractivity contribution is 5.67. The molecule has 1 amide bonds. The zero-order valence-corrected chi connectivity index (χ0v) is 17.0. The van der Waals surface area contributed by atoms with Gasteiger partial charge in [0.2, 0.25) is 0 Å². The van der Waals surface area contributed by atoms with Gasteiger partial charge in [-0.15, -0.1) is 0 Å². The van der Waals surface area contributed by atoms with E-state index in [2.05, 4.69) is 32.7 Å². The Hall–Kier alpha value is -0.810. The number of likely N-dealkylation sites (tertiary alicyclic amines) is 1. The lowest BCUT2D eigenvalue weighted by Crippen LogP contribution is -2.39. The molecule has 0 aromatic rings. The summed E-state index contributed by atoms with van der Waals surface area (Å²) in [7, 11) is 2.17. The lowest BCUT2D eigenvalue weighted by molar-refractivity contribution is 0.0677. The van der Waals surface area contributed by atoms with Crippen molar-refractivity contribution < 1.29 is 14.3 Å². The molecule has 0 bridgehead atoms. The molecule has 0 spiro atoms. The van der Waals surface area contributed by atoms with E-state index < -0.39 is 0 Å². The number of carbonyl (C=O) groups is 1. The predicted molar refractivity (Wildman–Crippen MR) is 103 cm³/mol. The van der Waals surface area contributed by atoms with Crippen LogP contribution in [0.15, 0.2) is 0 Å². The van der Waals surface area contributed by atoms with Crippen molar-refractivity contribution in [2.24, 2.45) is 11.8 Å². The van der Waals surface area contributed by atoms with Crippen LogP contribution in [0.3, 0.4) is 0 Å². The first kappa shape index (κ1) is 22.2. The fraction of sp³-hybridized carbons (Fsp3) is 0.950. The Morgan fingerprint density at radius 1 is 1.16 bits per heavy atom. The largest absolute Gasteiger partial charge is 0.449 e. The average molecular weight is 357 g/mol. The van der Waals surface area contributed by atoms with E-state index in [1.165, 1.54) is 25.8 Å². The van der Waals surface area contributed by atoms with E-state index in [1.807, 2.05) is 4.90 Å². The van der Waals surface area contributed by atoms with Crippen LogP contribution in [0.5, 0.6) is 0 Å². The van der Waals surface area contributed by atoms with Gasteiger partial charge < -0.3 is 19.3 Å². The Labute approximate surface area is 155 Å². The number of carbonyl (C=O) groups excluding carboxylic acids is 1. The zero-order valence-electron chi connectivity index (χ0n) is 17.0. The van der Waals surface area contributed by atoms with Crippen LogP contribution in [0.2, 0.25) is 0 Å². The van der Waals surface area contributed by atoms with E-state index in [9.17, 15) is 4.79 Å². The standard InChI is InChI=1S/C20H40N2O3/c1-5-6-7-11-21(4)14-16-24-15-10-19-8-12-22(13-9-19)20(23)25-17-18(2)3/h18-19H,5-17H2,1-4H3. The minimum atomic E-state index is -0.144. The van der Waals surface area contributed by atoms with Crippen molar-refractivity contribution in [2.75, 3.05) is 53.0 Å². The maximum atomic E-state index is 11.9. The van der Waals surface area contributed by atoms with Crippen LogP contribution < -0.4 is 0 Å². The molecule has 1 aliphatic rings. The number of amides is 1. The van der Waals surface area contributed by atoms with Crippen molar-refractivity contribution in [3.63, 3.8) is 0 Å². The van der Waals surface area contributed by atoms with Crippen LogP contribution in [0, 0.1) is 11.8 Å². The first-order valence-electron chi connectivity index (χ1n) is 10.2. The number of likely N-dealkylation sites (N-methyl/N-ethyl adjacent to an activating group) is 1. The molecule has 0 N–H and O–H groups in total. The van der Waals surface area contributed by atoms with E-state index in [4.69, 9.17) is 9.47 Å². The van der Waals surface area contributed by atoms with Gasteiger partial charge in [0.25, 0.3) is 0 Å². The number of piperidine rings is 1. The van der Waals surface area contributed by atoms with Crippen molar-refractivity contribution in [1.29, 1.82) is 0 Å². The highest BCUT2D eigenvalue weighted by Crippen LogP contribution is 2.21. The molecule has 0 saturated carbocycles. The molecule has 0 aliphatic carbocycles. The van der Waals surface area contributed by atoms with Crippen molar-refractivity contribution in [3.8, 4) is 0 Å². The Kier molecular flexibility index (Phi) is 11.9. The summed E-state index contributed by atoms with van der Waals surface area (Å²) in [6.45, 7) is 12.4. The predicted octanol–water partition coefficient (Wildman–Crippen LogP) is 4.02. The van der Waals surface area contributed by atoms with Crippen LogP contribution in [0.25, 0.3) is 0 Å². The summed E-state index contributed by atoms with van der Waals surface area (Å²) < 4.78 is 11.1. The highest BCUT2D eigenvalue weighted by Gasteiger charge is 2.23. The van der Waals surface area contributed by atoms with E-state index >= 15 is 0 Å². The molecule has 0 unspecified atom stereocenters. The first-order valence-corrected chi connectivity index (χ1v) is 10.2. The monoisotopic (exact) mass is 356 g/mol. The normalized spacial score (nSPS) is 16.0. The lowest BCUT2D eigenvalue weighted by Gasteiger charge is -2.31.